The predicted octanol–water partition coefficient (Wildman–Crippen LogP) is 4.11. The van der Waals surface area contributed by atoms with Crippen LogP contribution in [-0.4, -0.2) is 45.3 Å². The number of aryl methyl sites for hydroxylation is 1. The largest absolute Gasteiger partial charge is 0.434 e. The molecule has 1 N–H and O–H groups in total. The van der Waals surface area contributed by atoms with Crippen molar-refractivity contribution in [2.45, 2.75) is 69.8 Å². The third-order valence-corrected chi connectivity index (χ3v) is 6.32. The van der Waals surface area contributed by atoms with Crippen LogP contribution in [0.25, 0.3) is 11.0 Å². The van der Waals surface area contributed by atoms with Crippen molar-refractivity contribution in [2.24, 2.45) is 5.16 Å². The highest BCUT2D eigenvalue weighted by Gasteiger charge is 2.48. The number of alkyl halides is 3. The van der Waals surface area contributed by atoms with Gasteiger partial charge in [-0.15, -0.1) is 0 Å². The Morgan fingerprint density at radius 2 is 2.03 bits per heavy atom. The monoisotopic (exact) mass is 423 g/mol. The highest BCUT2D eigenvalue weighted by atomic mass is 19.4. The number of pyridine rings is 1. The van der Waals surface area contributed by atoms with Crippen LogP contribution in [0.15, 0.2) is 11.4 Å². The average molecular weight is 423 g/mol. The number of rotatable bonds is 4. The van der Waals surface area contributed by atoms with Gasteiger partial charge in [0.1, 0.15) is 5.60 Å². The lowest BCUT2D eigenvalue weighted by Crippen LogP contribution is -2.37. The Balaban J connectivity index is 1.69. The van der Waals surface area contributed by atoms with Gasteiger partial charge in [0.2, 0.25) is 0 Å². The number of nitrogens with one attached hydrogen (secondary N) is 1. The molecule has 3 aliphatic rings. The van der Waals surface area contributed by atoms with Crippen LogP contribution in [0.3, 0.4) is 0 Å². The fourth-order valence-electron chi connectivity index (χ4n) is 4.50. The Morgan fingerprint density at radius 3 is 2.63 bits per heavy atom. The first-order chi connectivity index (χ1) is 14.4. The van der Waals surface area contributed by atoms with Gasteiger partial charge in [0, 0.05) is 32.2 Å². The molecule has 4 heterocycles. The molecule has 2 fully saturated rings. The summed E-state index contributed by atoms with van der Waals surface area (Å²) in [5.74, 6) is 0. The summed E-state index contributed by atoms with van der Waals surface area (Å²) in [5.41, 5.74) is -0.440. The van der Waals surface area contributed by atoms with E-state index in [-0.39, 0.29) is 17.3 Å². The second-order valence-corrected chi connectivity index (χ2v) is 8.28. The highest BCUT2D eigenvalue weighted by Crippen LogP contribution is 2.46. The van der Waals surface area contributed by atoms with Crippen molar-refractivity contribution >= 4 is 22.4 Å². The minimum atomic E-state index is -4.63. The molecule has 0 unspecified atom stereocenters. The smallest absolute Gasteiger partial charge is 0.389 e. The number of nitrogens with zero attached hydrogens (tertiary/aromatic N) is 4. The van der Waals surface area contributed by atoms with Crippen molar-refractivity contribution in [2.75, 3.05) is 18.5 Å². The number of hydrogen-bond acceptors (Lipinski definition) is 6. The fraction of sp³-hybridized carbons (Fsp3) is 0.650. The minimum absolute atomic E-state index is 0.000852. The second-order valence-electron chi connectivity index (χ2n) is 8.28. The van der Waals surface area contributed by atoms with Crippen LogP contribution in [0.5, 0.6) is 0 Å². The molecule has 7 nitrogen and oxygen atoms in total. The van der Waals surface area contributed by atoms with E-state index in [1.54, 1.807) is 6.20 Å². The molecule has 2 aromatic heterocycles. The van der Waals surface area contributed by atoms with Crippen molar-refractivity contribution in [1.29, 1.82) is 0 Å². The lowest BCUT2D eigenvalue weighted by atomic mass is 9.76. The zero-order chi connectivity index (χ0) is 20.9. The van der Waals surface area contributed by atoms with E-state index in [4.69, 9.17) is 9.57 Å². The van der Waals surface area contributed by atoms with Crippen molar-refractivity contribution in [1.82, 2.24) is 14.8 Å². The van der Waals surface area contributed by atoms with Crippen LogP contribution < -0.4 is 5.32 Å². The molecule has 0 atom stereocenters. The number of ether oxygens (including phenoxy) is 1. The zero-order valence-corrected chi connectivity index (χ0v) is 16.8. The fourth-order valence-corrected chi connectivity index (χ4v) is 4.50. The van der Waals surface area contributed by atoms with Crippen molar-refractivity contribution < 1.29 is 22.7 Å². The summed E-state index contributed by atoms with van der Waals surface area (Å²) in [6.07, 6.45) is 1.40. The molecule has 2 aliphatic heterocycles. The van der Waals surface area contributed by atoms with E-state index < -0.39 is 17.5 Å². The second kappa shape index (κ2) is 7.11. The summed E-state index contributed by atoms with van der Waals surface area (Å²) < 4.78 is 49.4. The molecule has 1 saturated heterocycles. The van der Waals surface area contributed by atoms with Gasteiger partial charge in [0.05, 0.1) is 28.5 Å². The van der Waals surface area contributed by atoms with Gasteiger partial charge in [-0.3, -0.25) is 0 Å². The van der Waals surface area contributed by atoms with Gasteiger partial charge < -0.3 is 14.9 Å². The SMILES string of the molecule is CCn1ncc2c(NC3CCOCC3)c(C3=NOC4(CCC4)C3)c(C(F)(F)F)nc21. The van der Waals surface area contributed by atoms with E-state index in [0.29, 0.717) is 43.0 Å². The van der Waals surface area contributed by atoms with Crippen LogP contribution >= 0.6 is 0 Å². The molecule has 0 amide bonds. The van der Waals surface area contributed by atoms with E-state index in [2.05, 4.69) is 20.6 Å². The summed E-state index contributed by atoms with van der Waals surface area (Å²) in [5, 5.41) is 12.3. The van der Waals surface area contributed by atoms with Gasteiger partial charge in [0.25, 0.3) is 0 Å². The van der Waals surface area contributed by atoms with E-state index in [0.717, 1.165) is 32.1 Å². The lowest BCUT2D eigenvalue weighted by molar-refractivity contribution is -0.141. The van der Waals surface area contributed by atoms with Crippen LogP contribution in [0, 0.1) is 0 Å². The third-order valence-electron chi connectivity index (χ3n) is 6.32. The van der Waals surface area contributed by atoms with Gasteiger partial charge in [-0.25, -0.2) is 9.67 Å². The number of aromatic nitrogens is 3. The molecule has 1 saturated carbocycles. The molecule has 5 rings (SSSR count). The van der Waals surface area contributed by atoms with Crippen LogP contribution in [0.4, 0.5) is 18.9 Å². The molecule has 0 radical (unpaired) electrons. The number of hydrogen-bond donors (Lipinski definition) is 1. The van der Waals surface area contributed by atoms with Crippen LogP contribution in [-0.2, 0) is 22.3 Å². The van der Waals surface area contributed by atoms with Gasteiger partial charge in [-0.05, 0) is 39.0 Å². The first kappa shape index (κ1) is 19.6. The maximum absolute atomic E-state index is 14.2. The van der Waals surface area contributed by atoms with Crippen molar-refractivity contribution in [3.8, 4) is 0 Å². The average Bonchev–Trinajstić information content (AvgIpc) is 3.32. The van der Waals surface area contributed by atoms with Crippen molar-refractivity contribution in [3.05, 3.63) is 17.5 Å². The predicted molar refractivity (Wildman–Crippen MR) is 104 cm³/mol. The Hall–Kier alpha value is -2.36. The number of anilines is 1. The molecule has 10 heteroatoms. The molecular formula is C20H24F3N5O2. The molecule has 162 valence electrons. The number of halogens is 3. The Labute approximate surface area is 171 Å². The summed E-state index contributed by atoms with van der Waals surface area (Å²) >= 11 is 0. The zero-order valence-electron chi connectivity index (χ0n) is 16.8. The van der Waals surface area contributed by atoms with E-state index >= 15 is 0 Å². The number of oxime groups is 1. The van der Waals surface area contributed by atoms with Gasteiger partial charge in [0.15, 0.2) is 11.3 Å². The van der Waals surface area contributed by atoms with Crippen LogP contribution in [0.1, 0.15) is 56.7 Å². The van der Waals surface area contributed by atoms with Crippen LogP contribution in [0.2, 0.25) is 0 Å². The molecule has 0 bridgehead atoms. The standard InChI is InChI=1S/C20H24F3N5O2/c1-2-28-18-13(11-24-28)16(25-12-4-8-29-9-5-12)15(17(26-18)20(21,22)23)14-10-19(30-27-14)6-3-7-19/h11-12H,2-10H2,1H3,(H,25,26). The normalized spacial score (nSPS) is 21.5. The maximum atomic E-state index is 14.2. The molecule has 1 aliphatic carbocycles. The highest BCUT2D eigenvalue weighted by molar-refractivity contribution is 6.12. The first-order valence-corrected chi connectivity index (χ1v) is 10.5. The molecule has 30 heavy (non-hydrogen) atoms. The first-order valence-electron chi connectivity index (χ1n) is 10.5. The summed E-state index contributed by atoms with van der Waals surface area (Å²) in [4.78, 5) is 9.66. The molecule has 0 aromatic carbocycles. The summed E-state index contributed by atoms with van der Waals surface area (Å²) in [7, 11) is 0. The third kappa shape index (κ3) is 3.21. The topological polar surface area (TPSA) is 73.6 Å². The molecular weight excluding hydrogens is 399 g/mol. The van der Waals surface area contributed by atoms with Gasteiger partial charge in [-0.2, -0.15) is 18.3 Å². The van der Waals surface area contributed by atoms with E-state index in [1.165, 1.54) is 4.68 Å². The Kier molecular flexibility index (Phi) is 4.64. The maximum Gasteiger partial charge on any atom is 0.434 e. The molecule has 2 aromatic rings. The Morgan fingerprint density at radius 1 is 1.27 bits per heavy atom. The van der Waals surface area contributed by atoms with Crippen molar-refractivity contribution in [3.63, 3.8) is 0 Å². The van der Waals surface area contributed by atoms with E-state index in [9.17, 15) is 13.2 Å². The summed E-state index contributed by atoms with van der Waals surface area (Å²) in [6, 6.07) is 0.00902. The van der Waals surface area contributed by atoms with E-state index in [1.807, 2.05) is 6.92 Å². The molecule has 1 spiro atoms. The minimum Gasteiger partial charge on any atom is -0.389 e. The van der Waals surface area contributed by atoms with Gasteiger partial charge >= 0.3 is 6.18 Å². The Bertz CT molecular complexity index is 990. The summed E-state index contributed by atoms with van der Waals surface area (Å²) in [6.45, 7) is 3.41. The number of fused-ring (bicyclic) bond motifs is 1. The lowest BCUT2D eigenvalue weighted by Gasteiger charge is -2.35. The quantitative estimate of drug-likeness (QED) is 0.801. The van der Waals surface area contributed by atoms with Gasteiger partial charge in [-0.1, -0.05) is 5.16 Å².